The maximum Gasteiger partial charge on any atom is 0.240 e. The molecule has 2 amide bonds. The summed E-state index contributed by atoms with van der Waals surface area (Å²) in [5.41, 5.74) is 0.744. The van der Waals surface area contributed by atoms with Crippen molar-refractivity contribution in [1.82, 2.24) is 24.8 Å². The summed E-state index contributed by atoms with van der Waals surface area (Å²) in [4.78, 5) is 25.5. The number of thioether (sulfide) groups is 1. The van der Waals surface area contributed by atoms with Gasteiger partial charge in [0.05, 0.1) is 17.7 Å². The Labute approximate surface area is 138 Å². The summed E-state index contributed by atoms with van der Waals surface area (Å²) in [6, 6.07) is 5.41. The van der Waals surface area contributed by atoms with E-state index >= 15 is 0 Å². The molecule has 0 aliphatic carbocycles. The van der Waals surface area contributed by atoms with E-state index in [1.54, 1.807) is 4.90 Å². The fourth-order valence-corrected chi connectivity index (χ4v) is 3.44. The fraction of sp³-hybridized carbons (Fsp3) is 0.467. The van der Waals surface area contributed by atoms with Crippen molar-refractivity contribution in [3.63, 3.8) is 0 Å². The van der Waals surface area contributed by atoms with Crippen LogP contribution in [0.15, 0.2) is 24.4 Å². The van der Waals surface area contributed by atoms with E-state index in [1.807, 2.05) is 42.6 Å². The summed E-state index contributed by atoms with van der Waals surface area (Å²) >= 11 is 1.53. The van der Waals surface area contributed by atoms with Crippen LogP contribution in [0.5, 0.6) is 0 Å². The number of pyridine rings is 1. The Hall–Kier alpha value is -2.09. The number of nitrogens with one attached hydrogen (secondary N) is 1. The Morgan fingerprint density at radius 2 is 2.22 bits per heavy atom. The minimum atomic E-state index is -0.259. The Balaban J connectivity index is 1.76. The van der Waals surface area contributed by atoms with Gasteiger partial charge in [-0.05, 0) is 18.1 Å². The summed E-state index contributed by atoms with van der Waals surface area (Å²) in [7, 11) is 0. The summed E-state index contributed by atoms with van der Waals surface area (Å²) in [6.07, 6.45) is 1.88. The average molecular weight is 333 g/mol. The first-order valence-corrected chi connectivity index (χ1v) is 8.66. The Morgan fingerprint density at radius 3 is 2.91 bits per heavy atom. The lowest BCUT2D eigenvalue weighted by Crippen LogP contribution is -2.41. The minimum absolute atomic E-state index is 0.0131. The van der Waals surface area contributed by atoms with Crippen molar-refractivity contribution in [2.45, 2.75) is 19.9 Å². The average Bonchev–Trinajstić information content (AvgIpc) is 3.11. The van der Waals surface area contributed by atoms with Crippen molar-refractivity contribution < 1.29 is 9.59 Å². The van der Waals surface area contributed by atoms with Crippen LogP contribution < -0.4 is 5.32 Å². The number of nitrogens with zero attached hydrogens (tertiary/aromatic N) is 4. The van der Waals surface area contributed by atoms with Crippen LogP contribution in [0.4, 0.5) is 0 Å². The second kappa shape index (κ2) is 6.57. The first-order valence-electron chi connectivity index (χ1n) is 7.51. The third-order valence-corrected chi connectivity index (χ3v) is 4.71. The molecule has 122 valence electrons. The van der Waals surface area contributed by atoms with Crippen molar-refractivity contribution in [1.29, 1.82) is 0 Å². The topological polar surface area (TPSA) is 79.6 Å². The molecule has 0 saturated carbocycles. The molecule has 2 aromatic rings. The molecule has 2 aromatic heterocycles. The molecule has 1 aliphatic rings. The molecule has 23 heavy (non-hydrogen) atoms. The predicted octanol–water partition coefficient (Wildman–Crippen LogP) is 1.08. The van der Waals surface area contributed by atoms with Crippen molar-refractivity contribution >= 4 is 29.2 Å². The van der Waals surface area contributed by atoms with Crippen molar-refractivity contribution in [3.8, 4) is 0 Å². The number of aromatic nitrogens is 3. The first-order chi connectivity index (χ1) is 11.1. The van der Waals surface area contributed by atoms with E-state index in [9.17, 15) is 9.59 Å². The zero-order valence-electron chi connectivity index (χ0n) is 13.1. The van der Waals surface area contributed by atoms with Gasteiger partial charge < -0.3 is 10.2 Å². The first kappa shape index (κ1) is 15.8. The Kier molecular flexibility index (Phi) is 4.51. The van der Waals surface area contributed by atoms with Crippen LogP contribution in [0.1, 0.15) is 25.7 Å². The standard InChI is InChI=1S/C15H19N5O2S/c1-10(2)14(15-18-17-11-5-3-4-6-20(11)15)16-12(21)7-19-9-23-8-13(19)22/h3-6,10,14H,7-9H2,1-2H3,(H,16,21)/t14-/m0/s1. The zero-order chi connectivity index (χ0) is 16.4. The van der Waals surface area contributed by atoms with Gasteiger partial charge in [-0.2, -0.15) is 0 Å². The van der Waals surface area contributed by atoms with Gasteiger partial charge in [0.25, 0.3) is 0 Å². The summed E-state index contributed by atoms with van der Waals surface area (Å²) < 4.78 is 1.88. The molecule has 7 nitrogen and oxygen atoms in total. The van der Waals surface area contributed by atoms with Gasteiger partial charge in [-0.25, -0.2) is 0 Å². The number of fused-ring (bicyclic) bond motifs is 1. The maximum absolute atomic E-state index is 12.3. The van der Waals surface area contributed by atoms with Crippen molar-refractivity contribution in [2.75, 3.05) is 18.2 Å². The van der Waals surface area contributed by atoms with Gasteiger partial charge in [0.1, 0.15) is 6.54 Å². The number of hydrogen-bond donors (Lipinski definition) is 1. The highest BCUT2D eigenvalue weighted by atomic mass is 32.2. The molecule has 1 saturated heterocycles. The number of amides is 2. The summed E-state index contributed by atoms with van der Waals surface area (Å²) in [5.74, 6) is 1.72. The summed E-state index contributed by atoms with van der Waals surface area (Å²) in [5, 5.41) is 11.4. The van der Waals surface area contributed by atoms with Crippen LogP contribution in [0.2, 0.25) is 0 Å². The largest absolute Gasteiger partial charge is 0.344 e. The SMILES string of the molecule is CC(C)[C@H](NC(=O)CN1CSCC1=O)c1nnc2ccccn12. The van der Waals surface area contributed by atoms with Gasteiger partial charge in [-0.3, -0.25) is 14.0 Å². The molecule has 1 aliphatic heterocycles. The van der Waals surface area contributed by atoms with Crippen LogP contribution in [-0.2, 0) is 9.59 Å². The van der Waals surface area contributed by atoms with E-state index in [2.05, 4.69) is 15.5 Å². The van der Waals surface area contributed by atoms with Crippen LogP contribution in [0.3, 0.4) is 0 Å². The van der Waals surface area contributed by atoms with E-state index in [0.29, 0.717) is 17.5 Å². The minimum Gasteiger partial charge on any atom is -0.344 e. The molecule has 1 N–H and O–H groups in total. The second-order valence-electron chi connectivity index (χ2n) is 5.85. The Morgan fingerprint density at radius 1 is 1.39 bits per heavy atom. The molecular weight excluding hydrogens is 314 g/mol. The number of carbonyl (C=O) groups excluding carboxylic acids is 2. The predicted molar refractivity (Wildman–Crippen MR) is 87.7 cm³/mol. The molecule has 0 spiro atoms. The van der Waals surface area contributed by atoms with Crippen LogP contribution >= 0.6 is 11.8 Å². The lowest BCUT2D eigenvalue weighted by molar-refractivity contribution is -0.132. The molecule has 8 heteroatoms. The van der Waals surface area contributed by atoms with Crippen molar-refractivity contribution in [3.05, 3.63) is 30.2 Å². The third kappa shape index (κ3) is 3.31. The number of carbonyl (C=O) groups is 2. The monoisotopic (exact) mass is 333 g/mol. The molecule has 3 heterocycles. The maximum atomic E-state index is 12.3. The normalized spacial score (nSPS) is 16.3. The highest BCUT2D eigenvalue weighted by molar-refractivity contribution is 8.00. The van der Waals surface area contributed by atoms with Crippen LogP contribution in [0, 0.1) is 5.92 Å². The van der Waals surface area contributed by atoms with Gasteiger partial charge in [0.2, 0.25) is 11.8 Å². The number of rotatable bonds is 5. The van der Waals surface area contributed by atoms with Crippen LogP contribution in [0.25, 0.3) is 5.65 Å². The highest BCUT2D eigenvalue weighted by Crippen LogP contribution is 2.21. The van der Waals surface area contributed by atoms with Gasteiger partial charge in [-0.1, -0.05) is 19.9 Å². The van der Waals surface area contributed by atoms with Gasteiger partial charge in [0, 0.05) is 6.20 Å². The smallest absolute Gasteiger partial charge is 0.240 e. The van der Waals surface area contributed by atoms with E-state index < -0.39 is 0 Å². The zero-order valence-corrected chi connectivity index (χ0v) is 13.9. The Bertz CT molecular complexity index is 729. The molecule has 0 aromatic carbocycles. The molecule has 1 fully saturated rings. The number of hydrogen-bond acceptors (Lipinski definition) is 5. The van der Waals surface area contributed by atoms with Gasteiger partial charge >= 0.3 is 0 Å². The fourth-order valence-electron chi connectivity index (χ4n) is 2.53. The molecule has 0 unspecified atom stereocenters. The quantitative estimate of drug-likeness (QED) is 0.885. The molecule has 0 radical (unpaired) electrons. The third-order valence-electron chi connectivity index (χ3n) is 3.76. The van der Waals surface area contributed by atoms with E-state index in [4.69, 9.17) is 0 Å². The second-order valence-corrected chi connectivity index (χ2v) is 6.80. The lowest BCUT2D eigenvalue weighted by atomic mass is 10.0. The molecule has 1 atom stereocenters. The molecule has 0 bridgehead atoms. The van der Waals surface area contributed by atoms with E-state index in [-0.39, 0.29) is 30.3 Å². The van der Waals surface area contributed by atoms with E-state index in [1.165, 1.54) is 11.8 Å². The lowest BCUT2D eigenvalue weighted by Gasteiger charge is -2.22. The van der Waals surface area contributed by atoms with Gasteiger partial charge in [0.15, 0.2) is 11.5 Å². The molecule has 3 rings (SSSR count). The van der Waals surface area contributed by atoms with E-state index in [0.717, 1.165) is 5.65 Å². The highest BCUT2D eigenvalue weighted by Gasteiger charge is 2.27. The van der Waals surface area contributed by atoms with Gasteiger partial charge in [-0.15, -0.1) is 22.0 Å². The van der Waals surface area contributed by atoms with Crippen LogP contribution in [-0.4, -0.2) is 49.5 Å². The molecular formula is C15H19N5O2S. The summed E-state index contributed by atoms with van der Waals surface area (Å²) in [6.45, 7) is 4.13. The van der Waals surface area contributed by atoms with Crippen molar-refractivity contribution in [2.24, 2.45) is 5.92 Å².